The number of amides is 1. The van der Waals surface area contributed by atoms with E-state index in [4.69, 9.17) is 12.2 Å². The van der Waals surface area contributed by atoms with E-state index in [0.29, 0.717) is 15.8 Å². The van der Waals surface area contributed by atoms with Crippen molar-refractivity contribution in [3.8, 4) is 0 Å². The molecule has 1 saturated heterocycles. The molecule has 1 aromatic carbocycles. The summed E-state index contributed by atoms with van der Waals surface area (Å²) in [7, 11) is 0. The number of hydrogen-bond donors (Lipinski definition) is 0. The summed E-state index contributed by atoms with van der Waals surface area (Å²) in [6, 6.07) is 4.45. The van der Waals surface area contributed by atoms with Gasteiger partial charge in [-0.25, -0.2) is 0 Å². The number of benzene rings is 1. The number of rotatable bonds is 4. The van der Waals surface area contributed by atoms with Gasteiger partial charge in [0.15, 0.2) is 0 Å². The average Bonchev–Trinajstić information content (AvgIpc) is 2.84. The van der Waals surface area contributed by atoms with E-state index < -0.39 is 0 Å². The van der Waals surface area contributed by atoms with Crippen molar-refractivity contribution in [3.05, 3.63) is 52.5 Å². The Kier molecular flexibility index (Phi) is 5.37. The van der Waals surface area contributed by atoms with Crippen molar-refractivity contribution in [2.24, 2.45) is 0 Å². The minimum absolute atomic E-state index is 0.00704. The van der Waals surface area contributed by atoms with Crippen molar-refractivity contribution in [1.82, 2.24) is 4.90 Å². The predicted octanol–water partition coefficient (Wildman–Crippen LogP) is 5.40. The molecule has 0 aromatic heterocycles. The van der Waals surface area contributed by atoms with Crippen molar-refractivity contribution in [1.29, 1.82) is 0 Å². The van der Waals surface area contributed by atoms with Gasteiger partial charge < -0.3 is 4.90 Å². The Balaban J connectivity index is 2.06. The summed E-state index contributed by atoms with van der Waals surface area (Å²) in [5, 5.41) is 0. The van der Waals surface area contributed by atoms with Crippen molar-refractivity contribution < 1.29 is 4.79 Å². The summed E-state index contributed by atoms with van der Waals surface area (Å²) in [6.45, 7) is 16.1. The van der Waals surface area contributed by atoms with Crippen LogP contribution in [-0.4, -0.2) is 33.8 Å². The van der Waals surface area contributed by atoms with Gasteiger partial charge in [0.1, 0.15) is 4.32 Å². The minimum atomic E-state index is -0.0365. The molecule has 0 bridgehead atoms. The Morgan fingerprint density at radius 2 is 2.00 bits per heavy atom. The maximum absolute atomic E-state index is 12.6. The Bertz CT molecular complexity index is 896. The highest BCUT2D eigenvalue weighted by molar-refractivity contribution is 8.26. The van der Waals surface area contributed by atoms with Gasteiger partial charge in [-0.15, -0.1) is 6.58 Å². The van der Waals surface area contributed by atoms with Crippen LogP contribution in [0.3, 0.4) is 0 Å². The van der Waals surface area contributed by atoms with E-state index in [1.165, 1.54) is 28.6 Å². The van der Waals surface area contributed by atoms with Gasteiger partial charge in [-0.3, -0.25) is 9.69 Å². The number of anilines is 1. The lowest BCUT2D eigenvalue weighted by atomic mass is 9.87. The largest absolute Gasteiger partial charge is 0.363 e. The first-order valence-corrected chi connectivity index (χ1v) is 10.4. The summed E-state index contributed by atoms with van der Waals surface area (Å²) < 4.78 is 0.594. The lowest BCUT2D eigenvalue weighted by Crippen LogP contribution is -2.44. The molecule has 0 saturated carbocycles. The van der Waals surface area contributed by atoms with E-state index in [9.17, 15) is 4.79 Å². The third-order valence-electron chi connectivity index (χ3n) is 5.15. The molecule has 0 radical (unpaired) electrons. The number of fused-ring (bicyclic) bond motifs is 1. The van der Waals surface area contributed by atoms with Crippen molar-refractivity contribution in [2.75, 3.05) is 18.0 Å². The molecule has 2 heterocycles. The average molecular weight is 399 g/mol. The highest BCUT2D eigenvalue weighted by Gasteiger charge is 2.32. The lowest BCUT2D eigenvalue weighted by Gasteiger charge is -2.43. The van der Waals surface area contributed by atoms with E-state index in [0.717, 1.165) is 17.7 Å². The topological polar surface area (TPSA) is 23.6 Å². The highest BCUT2D eigenvalue weighted by Crippen LogP contribution is 2.41. The van der Waals surface area contributed by atoms with E-state index in [1.54, 1.807) is 11.0 Å². The van der Waals surface area contributed by atoms with E-state index >= 15 is 0 Å². The maximum atomic E-state index is 12.6. The first-order chi connectivity index (χ1) is 12.7. The molecule has 0 N–H and O–H groups in total. The van der Waals surface area contributed by atoms with Crippen LogP contribution in [0, 0.1) is 6.92 Å². The molecule has 5 heteroatoms. The number of hydrogen-bond acceptors (Lipinski definition) is 4. The number of allylic oxidation sites excluding steroid dienone is 1. The Hall–Kier alpha value is -1.85. The quantitative estimate of drug-likeness (QED) is 0.385. The molecule has 0 aliphatic carbocycles. The fraction of sp³-hybridized carbons (Fsp3) is 0.364. The molecule has 3 rings (SSSR count). The highest BCUT2D eigenvalue weighted by atomic mass is 32.2. The van der Waals surface area contributed by atoms with E-state index in [-0.39, 0.29) is 11.4 Å². The number of carbonyl (C=O) groups excluding carboxylic acids is 1. The molecule has 3 nitrogen and oxygen atoms in total. The first-order valence-electron chi connectivity index (χ1n) is 9.18. The van der Waals surface area contributed by atoms with Gasteiger partial charge in [-0.2, -0.15) is 0 Å². The SMILES string of the molecule is C=CCN1C(=O)/C(=C/c2cc3c(cc2C)N(CC)C(C)(C)C=C3C)SC1=S. The number of likely N-dealkylation sites (N-methyl/N-ethyl adjacent to an activating group) is 1. The number of thiocarbonyl (C=S) groups is 1. The molecule has 2 aliphatic rings. The van der Waals surface area contributed by atoms with Gasteiger partial charge in [0.25, 0.3) is 5.91 Å². The standard InChI is InChI=1S/C22H26N2OS2/c1-7-9-23-20(25)19(27-21(23)26)12-16-11-17-15(4)13-22(5,6)24(8-2)18(17)10-14(16)3/h7,10-13H,1,8-9H2,2-6H3/b19-12-. The number of nitrogens with zero attached hydrogens (tertiary/aromatic N) is 2. The second-order valence-corrected chi connectivity index (χ2v) is 9.21. The zero-order valence-electron chi connectivity index (χ0n) is 16.6. The molecule has 0 atom stereocenters. The van der Waals surface area contributed by atoms with Crippen LogP contribution < -0.4 is 4.90 Å². The zero-order chi connectivity index (χ0) is 19.9. The Morgan fingerprint density at radius 1 is 1.30 bits per heavy atom. The molecule has 1 aromatic rings. The van der Waals surface area contributed by atoms with E-state index in [1.807, 2.05) is 6.08 Å². The molecule has 0 spiro atoms. The zero-order valence-corrected chi connectivity index (χ0v) is 18.3. The maximum Gasteiger partial charge on any atom is 0.266 e. The van der Waals surface area contributed by atoms with Gasteiger partial charge in [0.05, 0.1) is 10.4 Å². The third-order valence-corrected chi connectivity index (χ3v) is 6.53. The molecule has 0 unspecified atom stereocenters. The van der Waals surface area contributed by atoms with Crippen LogP contribution in [-0.2, 0) is 4.79 Å². The fourth-order valence-electron chi connectivity index (χ4n) is 3.91. The second kappa shape index (κ2) is 7.28. The molecular formula is C22H26N2OS2. The van der Waals surface area contributed by atoms with Gasteiger partial charge in [-0.05, 0) is 69.5 Å². The van der Waals surface area contributed by atoms with Crippen LogP contribution in [0.5, 0.6) is 0 Å². The molecule has 1 amide bonds. The summed E-state index contributed by atoms with van der Waals surface area (Å²) in [6.07, 6.45) is 6.00. The number of thioether (sulfide) groups is 1. The monoisotopic (exact) mass is 398 g/mol. The number of aryl methyl sites for hydroxylation is 1. The first kappa shape index (κ1) is 19.9. The van der Waals surface area contributed by atoms with Crippen LogP contribution in [0.1, 0.15) is 44.4 Å². The predicted molar refractivity (Wildman–Crippen MR) is 122 cm³/mol. The number of carbonyl (C=O) groups is 1. The fourth-order valence-corrected chi connectivity index (χ4v) is 5.17. The van der Waals surface area contributed by atoms with Crippen molar-refractivity contribution in [2.45, 2.75) is 40.2 Å². The van der Waals surface area contributed by atoms with Gasteiger partial charge in [-0.1, -0.05) is 36.1 Å². The van der Waals surface area contributed by atoms with Crippen LogP contribution in [0.25, 0.3) is 11.6 Å². The summed E-state index contributed by atoms with van der Waals surface area (Å²) in [4.78, 5) is 17.3. The second-order valence-electron chi connectivity index (χ2n) is 7.53. The Morgan fingerprint density at radius 3 is 2.63 bits per heavy atom. The van der Waals surface area contributed by atoms with Gasteiger partial charge >= 0.3 is 0 Å². The molecular weight excluding hydrogens is 372 g/mol. The minimum Gasteiger partial charge on any atom is -0.363 e. The van der Waals surface area contributed by atoms with Crippen LogP contribution >= 0.6 is 24.0 Å². The third kappa shape index (κ3) is 3.50. The van der Waals surface area contributed by atoms with Crippen LogP contribution in [0.15, 0.2) is 35.8 Å². The van der Waals surface area contributed by atoms with Crippen LogP contribution in [0.2, 0.25) is 0 Å². The Labute approximate surface area is 171 Å². The summed E-state index contributed by atoms with van der Waals surface area (Å²) >= 11 is 6.71. The molecule has 142 valence electrons. The molecule has 2 aliphatic heterocycles. The van der Waals surface area contributed by atoms with Gasteiger partial charge in [0.2, 0.25) is 0 Å². The summed E-state index contributed by atoms with van der Waals surface area (Å²) in [5.74, 6) is -0.0365. The summed E-state index contributed by atoms with van der Waals surface area (Å²) in [5.41, 5.74) is 5.98. The molecule has 27 heavy (non-hydrogen) atoms. The van der Waals surface area contributed by atoms with Crippen LogP contribution in [0.4, 0.5) is 5.69 Å². The van der Waals surface area contributed by atoms with Gasteiger partial charge in [0, 0.05) is 24.3 Å². The van der Waals surface area contributed by atoms with E-state index in [2.05, 4.69) is 64.3 Å². The lowest BCUT2D eigenvalue weighted by molar-refractivity contribution is -0.121. The molecule has 1 fully saturated rings. The smallest absolute Gasteiger partial charge is 0.266 e. The van der Waals surface area contributed by atoms with Crippen molar-refractivity contribution >= 4 is 51.5 Å². The normalized spacial score (nSPS) is 20.2. The van der Waals surface area contributed by atoms with Crippen molar-refractivity contribution in [3.63, 3.8) is 0 Å².